The standard InChI is InChI=1S/C23H31FN8O3/c1-23(34)5-7-32(8-6-23)21-27-13-17(14-28-21)30-9-11-31(12-10-30)18-4-2-3-16(19(18)24)15-35-22(33)29-20(25)26/h2-4,13-14,34H,5-12,15H2,1H3,(H4,25,26,29,33). The largest absolute Gasteiger partial charge is 0.444 e. The quantitative estimate of drug-likeness (QED) is 0.364. The van der Waals surface area contributed by atoms with E-state index in [0.717, 1.165) is 18.8 Å². The van der Waals surface area contributed by atoms with Crippen LogP contribution < -0.4 is 25.8 Å². The number of amides is 1. The minimum absolute atomic E-state index is 0.242. The van der Waals surface area contributed by atoms with Gasteiger partial charge in [0.25, 0.3) is 0 Å². The van der Waals surface area contributed by atoms with Gasteiger partial charge in [0, 0.05) is 44.8 Å². The number of nitrogens with two attached hydrogens (primary N) is 1. The number of carbonyl (C=O) groups excluding carboxylic acids is 1. The molecule has 0 bridgehead atoms. The predicted octanol–water partition coefficient (Wildman–Crippen LogP) is 1.41. The Bertz CT molecular complexity index is 1050. The molecule has 2 fully saturated rings. The summed E-state index contributed by atoms with van der Waals surface area (Å²) in [4.78, 5) is 26.8. The molecule has 12 heteroatoms. The first-order valence-corrected chi connectivity index (χ1v) is 11.6. The fourth-order valence-corrected chi connectivity index (χ4v) is 4.25. The first kappa shape index (κ1) is 24.5. The number of ether oxygens (including phenoxy) is 1. The summed E-state index contributed by atoms with van der Waals surface area (Å²) < 4.78 is 20.0. The van der Waals surface area contributed by atoms with E-state index < -0.39 is 23.5 Å². The Labute approximate surface area is 203 Å². The number of anilines is 3. The molecule has 0 aliphatic carbocycles. The smallest absolute Gasteiger partial charge is 0.414 e. The highest BCUT2D eigenvalue weighted by molar-refractivity contribution is 5.90. The summed E-state index contributed by atoms with van der Waals surface area (Å²) in [5.74, 6) is -0.311. The number of hydrogen-bond acceptors (Lipinski definition) is 9. The van der Waals surface area contributed by atoms with E-state index in [1.54, 1.807) is 18.2 Å². The molecule has 0 radical (unpaired) electrons. The molecule has 2 aliphatic heterocycles. The van der Waals surface area contributed by atoms with Crippen molar-refractivity contribution < 1.29 is 19.0 Å². The fourth-order valence-electron chi connectivity index (χ4n) is 4.25. The lowest BCUT2D eigenvalue weighted by Gasteiger charge is -2.38. The monoisotopic (exact) mass is 486 g/mol. The maximum absolute atomic E-state index is 15.1. The van der Waals surface area contributed by atoms with Gasteiger partial charge in [-0.15, -0.1) is 0 Å². The number of halogens is 1. The van der Waals surface area contributed by atoms with Gasteiger partial charge < -0.3 is 30.3 Å². The van der Waals surface area contributed by atoms with Crippen LogP contribution in [0.2, 0.25) is 0 Å². The molecule has 1 aromatic heterocycles. The second kappa shape index (κ2) is 10.3. The van der Waals surface area contributed by atoms with Crippen LogP contribution in [0.1, 0.15) is 25.3 Å². The molecule has 0 saturated carbocycles. The van der Waals surface area contributed by atoms with Crippen LogP contribution in [0.15, 0.2) is 30.6 Å². The molecular formula is C23H31FN8O3. The zero-order valence-electron chi connectivity index (χ0n) is 19.7. The van der Waals surface area contributed by atoms with Gasteiger partial charge in [0.15, 0.2) is 11.8 Å². The number of rotatable bonds is 5. The van der Waals surface area contributed by atoms with Gasteiger partial charge >= 0.3 is 6.09 Å². The van der Waals surface area contributed by atoms with Crippen molar-refractivity contribution in [1.82, 2.24) is 15.3 Å². The van der Waals surface area contributed by atoms with Gasteiger partial charge in [-0.2, -0.15) is 0 Å². The van der Waals surface area contributed by atoms with Gasteiger partial charge in [0.2, 0.25) is 5.95 Å². The van der Waals surface area contributed by atoms with E-state index in [4.69, 9.17) is 15.9 Å². The Morgan fingerprint density at radius 1 is 1.14 bits per heavy atom. The van der Waals surface area contributed by atoms with Crippen molar-refractivity contribution in [3.63, 3.8) is 0 Å². The zero-order chi connectivity index (χ0) is 25.0. The minimum Gasteiger partial charge on any atom is -0.444 e. The number of aromatic nitrogens is 2. The molecule has 0 unspecified atom stereocenters. The molecule has 1 aromatic carbocycles. The van der Waals surface area contributed by atoms with Crippen LogP contribution in [0.5, 0.6) is 0 Å². The number of piperazine rings is 1. The Morgan fingerprint density at radius 2 is 1.77 bits per heavy atom. The van der Waals surface area contributed by atoms with Gasteiger partial charge in [-0.3, -0.25) is 10.7 Å². The summed E-state index contributed by atoms with van der Waals surface area (Å²) in [6.07, 6.45) is 4.10. The highest BCUT2D eigenvalue weighted by Gasteiger charge is 2.28. The lowest BCUT2D eigenvalue weighted by molar-refractivity contribution is 0.0349. The maximum atomic E-state index is 15.1. The lowest BCUT2D eigenvalue weighted by atomic mass is 9.94. The van der Waals surface area contributed by atoms with Crippen LogP contribution in [0.4, 0.5) is 26.5 Å². The molecule has 2 aromatic rings. The van der Waals surface area contributed by atoms with Crippen LogP contribution in [0, 0.1) is 11.2 Å². The van der Waals surface area contributed by atoms with E-state index in [1.807, 2.05) is 29.5 Å². The number of alkyl carbamates (subject to hydrolysis) is 1. The van der Waals surface area contributed by atoms with E-state index in [0.29, 0.717) is 50.7 Å². The van der Waals surface area contributed by atoms with E-state index in [2.05, 4.69) is 19.8 Å². The van der Waals surface area contributed by atoms with Gasteiger partial charge in [-0.1, -0.05) is 12.1 Å². The van der Waals surface area contributed by atoms with Crippen molar-refractivity contribution in [2.24, 2.45) is 5.73 Å². The fraction of sp³-hybridized carbons (Fsp3) is 0.478. The average molecular weight is 487 g/mol. The van der Waals surface area contributed by atoms with Gasteiger partial charge in [0.1, 0.15) is 6.61 Å². The van der Waals surface area contributed by atoms with Crippen molar-refractivity contribution in [1.29, 1.82) is 5.41 Å². The molecule has 2 aliphatic rings. The maximum Gasteiger partial charge on any atom is 0.414 e. The van der Waals surface area contributed by atoms with Crippen molar-refractivity contribution in [2.45, 2.75) is 32.0 Å². The van der Waals surface area contributed by atoms with Crippen LogP contribution >= 0.6 is 0 Å². The number of guanidine groups is 1. The summed E-state index contributed by atoms with van der Waals surface area (Å²) in [6.45, 7) is 5.61. The molecule has 5 N–H and O–H groups in total. The summed E-state index contributed by atoms with van der Waals surface area (Å²) in [7, 11) is 0. The van der Waals surface area contributed by atoms with Crippen molar-refractivity contribution in [2.75, 3.05) is 54.0 Å². The number of nitrogens with one attached hydrogen (secondary N) is 2. The minimum atomic E-state index is -0.906. The predicted molar refractivity (Wildman–Crippen MR) is 130 cm³/mol. The van der Waals surface area contributed by atoms with Crippen molar-refractivity contribution >= 4 is 29.4 Å². The molecule has 11 nitrogen and oxygen atoms in total. The summed E-state index contributed by atoms with van der Waals surface area (Å²) in [5.41, 5.74) is 6.07. The van der Waals surface area contributed by atoms with Gasteiger partial charge in [-0.25, -0.2) is 19.2 Å². The number of aliphatic hydroxyl groups is 1. The molecular weight excluding hydrogens is 455 g/mol. The van der Waals surface area contributed by atoms with Crippen LogP contribution in [-0.4, -0.2) is 72.0 Å². The third kappa shape index (κ3) is 6.07. The number of hydrogen-bond donors (Lipinski definition) is 4. The highest BCUT2D eigenvalue weighted by Crippen LogP contribution is 2.27. The Kier molecular flexibility index (Phi) is 7.20. The first-order chi connectivity index (χ1) is 16.7. The second-order valence-corrected chi connectivity index (χ2v) is 9.06. The van der Waals surface area contributed by atoms with Crippen molar-refractivity contribution in [3.8, 4) is 0 Å². The van der Waals surface area contributed by atoms with Gasteiger partial charge in [0.05, 0.1) is 29.4 Å². The molecule has 3 heterocycles. The van der Waals surface area contributed by atoms with E-state index in [9.17, 15) is 9.90 Å². The highest BCUT2D eigenvalue weighted by atomic mass is 19.1. The molecule has 0 atom stereocenters. The third-order valence-electron chi connectivity index (χ3n) is 6.39. The van der Waals surface area contributed by atoms with Gasteiger partial charge in [-0.05, 0) is 25.8 Å². The molecule has 188 valence electrons. The summed E-state index contributed by atoms with van der Waals surface area (Å²) >= 11 is 0. The van der Waals surface area contributed by atoms with Crippen LogP contribution in [-0.2, 0) is 11.3 Å². The Hall–Kier alpha value is -3.67. The zero-order valence-corrected chi connectivity index (χ0v) is 19.7. The number of piperidine rings is 1. The molecule has 0 spiro atoms. The normalized spacial score (nSPS) is 17.7. The molecule has 35 heavy (non-hydrogen) atoms. The Morgan fingerprint density at radius 3 is 2.40 bits per heavy atom. The molecule has 4 rings (SSSR count). The van der Waals surface area contributed by atoms with Crippen LogP contribution in [0.25, 0.3) is 0 Å². The summed E-state index contributed by atoms with van der Waals surface area (Å²) in [5, 5.41) is 19.2. The Balaban J connectivity index is 1.32. The molecule has 2 saturated heterocycles. The van der Waals surface area contributed by atoms with E-state index in [-0.39, 0.29) is 12.2 Å². The lowest BCUT2D eigenvalue weighted by Crippen LogP contribution is -2.47. The number of carbonyl (C=O) groups is 1. The topological polar surface area (TPSA) is 144 Å². The second-order valence-electron chi connectivity index (χ2n) is 9.06. The average Bonchev–Trinajstić information content (AvgIpc) is 2.83. The molecule has 1 amide bonds. The van der Waals surface area contributed by atoms with Crippen molar-refractivity contribution in [3.05, 3.63) is 42.0 Å². The van der Waals surface area contributed by atoms with E-state index >= 15 is 4.39 Å². The first-order valence-electron chi connectivity index (χ1n) is 11.6. The van der Waals surface area contributed by atoms with E-state index in [1.165, 1.54) is 0 Å². The number of benzene rings is 1. The summed E-state index contributed by atoms with van der Waals surface area (Å²) in [6, 6.07) is 4.98. The van der Waals surface area contributed by atoms with Crippen LogP contribution in [0.3, 0.4) is 0 Å². The SMILES string of the molecule is CC1(O)CCN(c2ncc(N3CCN(c4cccc(COC(=O)NC(=N)N)c4F)CC3)cn2)CC1. The third-order valence-corrected chi connectivity index (χ3v) is 6.39. The number of nitrogens with zero attached hydrogens (tertiary/aromatic N) is 5.